The number of nitrogens with zero attached hydrogens (tertiary/aromatic N) is 5. The summed E-state index contributed by atoms with van der Waals surface area (Å²) in [5, 5.41) is 12.3. The predicted molar refractivity (Wildman–Crippen MR) is 82.2 cm³/mol. The molecule has 4 rings (SSSR count). The van der Waals surface area contributed by atoms with E-state index in [2.05, 4.69) is 20.3 Å². The first kappa shape index (κ1) is 13.9. The third kappa shape index (κ3) is 2.48. The molecule has 0 aliphatic carbocycles. The van der Waals surface area contributed by atoms with E-state index >= 15 is 0 Å². The van der Waals surface area contributed by atoms with Crippen molar-refractivity contribution in [3.63, 3.8) is 0 Å². The van der Waals surface area contributed by atoms with E-state index in [1.165, 1.54) is 12.1 Å². The number of anilines is 1. The van der Waals surface area contributed by atoms with Crippen molar-refractivity contribution in [3.05, 3.63) is 48.2 Å². The standard InChI is InChI=1S/C16H16FN5O/c1-21-10-18-19-16(21)22-7-3-6-14(22)13-9-15(23-20-13)11-4-2-5-12(17)8-11/h2,4-5,8-10,14H,3,6-7H2,1H3/t14-/m1/s1. The maximum absolute atomic E-state index is 13.4. The zero-order chi connectivity index (χ0) is 15.8. The van der Waals surface area contributed by atoms with Gasteiger partial charge in [0.2, 0.25) is 5.95 Å². The molecule has 0 radical (unpaired) electrons. The summed E-state index contributed by atoms with van der Waals surface area (Å²) in [7, 11) is 1.92. The van der Waals surface area contributed by atoms with Crippen LogP contribution in [0.15, 0.2) is 41.2 Å². The van der Waals surface area contributed by atoms with Gasteiger partial charge in [0.15, 0.2) is 5.76 Å². The molecular formula is C16H16FN5O. The highest BCUT2D eigenvalue weighted by Crippen LogP contribution is 2.35. The van der Waals surface area contributed by atoms with Crippen molar-refractivity contribution in [1.82, 2.24) is 19.9 Å². The van der Waals surface area contributed by atoms with Gasteiger partial charge in [-0.3, -0.25) is 0 Å². The Hall–Kier alpha value is -2.70. The molecule has 23 heavy (non-hydrogen) atoms. The van der Waals surface area contributed by atoms with Gasteiger partial charge in [0.1, 0.15) is 17.8 Å². The van der Waals surface area contributed by atoms with Crippen LogP contribution in [0.1, 0.15) is 24.6 Å². The number of benzene rings is 1. The van der Waals surface area contributed by atoms with E-state index in [4.69, 9.17) is 4.52 Å². The van der Waals surface area contributed by atoms with Gasteiger partial charge in [-0.15, -0.1) is 10.2 Å². The summed E-state index contributed by atoms with van der Waals surface area (Å²) in [6.45, 7) is 0.902. The maximum Gasteiger partial charge on any atom is 0.227 e. The van der Waals surface area contributed by atoms with Gasteiger partial charge in [-0.05, 0) is 25.0 Å². The number of aryl methyl sites for hydroxylation is 1. The first-order valence-electron chi connectivity index (χ1n) is 7.55. The van der Waals surface area contributed by atoms with Crippen LogP contribution < -0.4 is 4.90 Å². The van der Waals surface area contributed by atoms with Crippen LogP contribution in [0.4, 0.5) is 10.3 Å². The summed E-state index contributed by atoms with van der Waals surface area (Å²) in [5.74, 6) is 1.11. The van der Waals surface area contributed by atoms with Crippen molar-refractivity contribution < 1.29 is 8.91 Å². The molecule has 0 amide bonds. The summed E-state index contributed by atoms with van der Waals surface area (Å²) < 4.78 is 20.7. The number of hydrogen-bond acceptors (Lipinski definition) is 5. The van der Waals surface area contributed by atoms with E-state index in [9.17, 15) is 4.39 Å². The summed E-state index contributed by atoms with van der Waals surface area (Å²) in [5.41, 5.74) is 1.52. The average Bonchev–Trinajstić information content (AvgIpc) is 3.26. The lowest BCUT2D eigenvalue weighted by Gasteiger charge is -2.22. The molecule has 118 valence electrons. The van der Waals surface area contributed by atoms with Crippen molar-refractivity contribution in [3.8, 4) is 11.3 Å². The lowest BCUT2D eigenvalue weighted by atomic mass is 10.1. The van der Waals surface area contributed by atoms with Gasteiger partial charge < -0.3 is 14.0 Å². The Kier molecular flexibility index (Phi) is 3.33. The third-order valence-corrected chi connectivity index (χ3v) is 4.18. The average molecular weight is 313 g/mol. The summed E-state index contributed by atoms with van der Waals surface area (Å²) >= 11 is 0. The second kappa shape index (κ2) is 5.49. The Morgan fingerprint density at radius 3 is 3.00 bits per heavy atom. The third-order valence-electron chi connectivity index (χ3n) is 4.18. The van der Waals surface area contributed by atoms with E-state index in [1.807, 2.05) is 23.7 Å². The first-order valence-corrected chi connectivity index (χ1v) is 7.55. The fraction of sp³-hybridized carbons (Fsp3) is 0.312. The van der Waals surface area contributed by atoms with Gasteiger partial charge in [-0.25, -0.2) is 4.39 Å². The van der Waals surface area contributed by atoms with Crippen LogP contribution >= 0.6 is 0 Å². The molecular weight excluding hydrogens is 297 g/mol. The molecule has 0 saturated carbocycles. The van der Waals surface area contributed by atoms with Crippen molar-refractivity contribution in [2.75, 3.05) is 11.4 Å². The van der Waals surface area contributed by atoms with Crippen LogP contribution in [-0.4, -0.2) is 26.5 Å². The molecule has 0 unspecified atom stereocenters. The highest BCUT2D eigenvalue weighted by Gasteiger charge is 2.31. The molecule has 3 aromatic rings. The predicted octanol–water partition coefficient (Wildman–Crippen LogP) is 2.95. The van der Waals surface area contributed by atoms with Crippen LogP contribution in [0.3, 0.4) is 0 Å². The largest absolute Gasteiger partial charge is 0.356 e. The molecule has 7 heteroatoms. The molecule has 2 aromatic heterocycles. The van der Waals surface area contributed by atoms with Gasteiger partial charge in [-0.2, -0.15) is 0 Å². The van der Waals surface area contributed by atoms with Crippen molar-refractivity contribution in [2.45, 2.75) is 18.9 Å². The fourth-order valence-corrected chi connectivity index (χ4v) is 3.07. The minimum atomic E-state index is -0.290. The Balaban J connectivity index is 1.65. The fourth-order valence-electron chi connectivity index (χ4n) is 3.07. The Bertz CT molecular complexity index is 827. The monoisotopic (exact) mass is 313 g/mol. The molecule has 6 nitrogen and oxygen atoms in total. The van der Waals surface area contributed by atoms with Gasteiger partial charge in [-0.1, -0.05) is 17.3 Å². The SMILES string of the molecule is Cn1cnnc1N1CCC[C@@H]1c1cc(-c2cccc(F)c2)on1. The summed E-state index contributed by atoms with van der Waals surface area (Å²) in [4.78, 5) is 2.18. The van der Waals surface area contributed by atoms with Gasteiger partial charge in [0, 0.05) is 25.2 Å². The van der Waals surface area contributed by atoms with Crippen LogP contribution in [0, 0.1) is 5.82 Å². The molecule has 3 heterocycles. The molecule has 1 saturated heterocycles. The highest BCUT2D eigenvalue weighted by molar-refractivity contribution is 5.57. The summed E-state index contributed by atoms with van der Waals surface area (Å²) in [6, 6.07) is 8.31. The van der Waals surface area contributed by atoms with Gasteiger partial charge in [0.05, 0.1) is 6.04 Å². The topological polar surface area (TPSA) is 60.0 Å². The van der Waals surface area contributed by atoms with E-state index in [1.54, 1.807) is 12.4 Å². The van der Waals surface area contributed by atoms with Crippen molar-refractivity contribution >= 4 is 5.95 Å². The van der Waals surface area contributed by atoms with Gasteiger partial charge in [0.25, 0.3) is 0 Å². The molecule has 1 fully saturated rings. The number of aromatic nitrogens is 4. The molecule has 0 spiro atoms. The first-order chi connectivity index (χ1) is 11.2. The second-order valence-corrected chi connectivity index (χ2v) is 5.72. The molecule has 0 N–H and O–H groups in total. The molecule has 1 aliphatic rings. The van der Waals surface area contributed by atoms with Crippen molar-refractivity contribution in [1.29, 1.82) is 0 Å². The quantitative estimate of drug-likeness (QED) is 0.744. The molecule has 1 aromatic carbocycles. The lowest BCUT2D eigenvalue weighted by molar-refractivity contribution is 0.415. The smallest absolute Gasteiger partial charge is 0.227 e. The minimum absolute atomic E-state index is 0.101. The van der Waals surface area contributed by atoms with E-state index in [0.29, 0.717) is 11.3 Å². The van der Waals surface area contributed by atoms with Crippen molar-refractivity contribution in [2.24, 2.45) is 7.05 Å². The van der Waals surface area contributed by atoms with E-state index in [-0.39, 0.29) is 11.9 Å². The minimum Gasteiger partial charge on any atom is -0.356 e. The Labute approximate surface area is 132 Å². The normalized spacial score (nSPS) is 17.8. The van der Waals surface area contributed by atoms with Crippen LogP contribution in [0.25, 0.3) is 11.3 Å². The van der Waals surface area contributed by atoms with Crippen LogP contribution in [0.2, 0.25) is 0 Å². The van der Waals surface area contributed by atoms with E-state index in [0.717, 1.165) is 31.0 Å². The zero-order valence-corrected chi connectivity index (χ0v) is 12.7. The van der Waals surface area contributed by atoms with Crippen LogP contribution in [0.5, 0.6) is 0 Å². The molecule has 1 atom stereocenters. The summed E-state index contributed by atoms with van der Waals surface area (Å²) in [6.07, 6.45) is 3.72. The second-order valence-electron chi connectivity index (χ2n) is 5.72. The highest BCUT2D eigenvalue weighted by atomic mass is 19.1. The number of hydrogen-bond donors (Lipinski definition) is 0. The molecule has 1 aliphatic heterocycles. The Morgan fingerprint density at radius 1 is 1.30 bits per heavy atom. The number of halogens is 1. The molecule has 0 bridgehead atoms. The Morgan fingerprint density at radius 2 is 2.22 bits per heavy atom. The lowest BCUT2D eigenvalue weighted by Crippen LogP contribution is -2.25. The van der Waals surface area contributed by atoms with Crippen LogP contribution in [-0.2, 0) is 7.05 Å². The number of rotatable bonds is 3. The van der Waals surface area contributed by atoms with E-state index < -0.39 is 0 Å². The maximum atomic E-state index is 13.4. The van der Waals surface area contributed by atoms with Gasteiger partial charge >= 0.3 is 0 Å². The zero-order valence-electron chi connectivity index (χ0n) is 12.7.